The van der Waals surface area contributed by atoms with Crippen molar-refractivity contribution in [2.45, 2.75) is 64.8 Å². The van der Waals surface area contributed by atoms with E-state index in [1.54, 1.807) is 0 Å². The van der Waals surface area contributed by atoms with Crippen LogP contribution in [0.5, 0.6) is 0 Å². The Kier molecular flexibility index (Phi) is 6.27. The van der Waals surface area contributed by atoms with Crippen LogP contribution in [-0.4, -0.2) is 30.2 Å². The van der Waals surface area contributed by atoms with E-state index < -0.39 is 0 Å². The Hall–Kier alpha value is -0.730. The third kappa shape index (κ3) is 4.42. The normalized spacial score (nSPS) is 18.4. The second-order valence-electron chi connectivity index (χ2n) is 4.71. The molecule has 1 rings (SSSR count). The van der Waals surface area contributed by atoms with Gasteiger partial charge in [-0.15, -0.1) is 0 Å². The molecule has 0 bridgehead atoms. The second kappa shape index (κ2) is 7.53. The largest absolute Gasteiger partial charge is 0.449 e. The van der Waals surface area contributed by atoms with E-state index in [1.165, 1.54) is 32.1 Å². The van der Waals surface area contributed by atoms with Crippen molar-refractivity contribution in [3.8, 4) is 0 Å². The molecule has 3 heteroatoms. The molecule has 0 aromatic carbocycles. The number of carbonyl (C=O) groups is 1. The zero-order valence-electron chi connectivity index (χ0n) is 10.7. The number of amides is 1. The first-order valence-electron chi connectivity index (χ1n) is 6.69. The van der Waals surface area contributed by atoms with Crippen molar-refractivity contribution in [1.29, 1.82) is 0 Å². The Balaban J connectivity index is 2.13. The van der Waals surface area contributed by atoms with Crippen LogP contribution in [0, 0.1) is 0 Å². The Morgan fingerprint density at radius 3 is 2.75 bits per heavy atom. The SMILES string of the molecule is CCCCCCCC(C)N1CCCOC1=O. The lowest BCUT2D eigenvalue weighted by Gasteiger charge is -2.31. The molecule has 1 amide bonds. The molecule has 0 saturated carbocycles. The monoisotopic (exact) mass is 227 g/mol. The first-order valence-corrected chi connectivity index (χ1v) is 6.69. The zero-order valence-corrected chi connectivity index (χ0v) is 10.7. The summed E-state index contributed by atoms with van der Waals surface area (Å²) in [5, 5.41) is 0. The average Bonchev–Trinajstić information content (AvgIpc) is 2.29. The summed E-state index contributed by atoms with van der Waals surface area (Å²) in [6.45, 7) is 5.83. The Morgan fingerprint density at radius 2 is 2.06 bits per heavy atom. The lowest BCUT2D eigenvalue weighted by atomic mass is 10.1. The maximum absolute atomic E-state index is 11.5. The van der Waals surface area contributed by atoms with Crippen molar-refractivity contribution in [3.63, 3.8) is 0 Å². The number of ether oxygens (including phenoxy) is 1. The summed E-state index contributed by atoms with van der Waals surface area (Å²) in [5.74, 6) is 0. The number of rotatable bonds is 7. The van der Waals surface area contributed by atoms with Crippen molar-refractivity contribution < 1.29 is 9.53 Å². The molecule has 0 aromatic rings. The Bertz CT molecular complexity index is 206. The minimum atomic E-state index is -0.118. The summed E-state index contributed by atoms with van der Waals surface area (Å²) in [5.41, 5.74) is 0. The molecule has 1 atom stereocenters. The summed E-state index contributed by atoms with van der Waals surface area (Å²) in [7, 11) is 0. The van der Waals surface area contributed by atoms with E-state index in [4.69, 9.17) is 4.74 Å². The predicted octanol–water partition coefficient (Wildman–Crippen LogP) is 3.58. The first kappa shape index (κ1) is 13.3. The molecule has 94 valence electrons. The van der Waals surface area contributed by atoms with Gasteiger partial charge in [-0.3, -0.25) is 0 Å². The van der Waals surface area contributed by atoms with Crippen LogP contribution < -0.4 is 0 Å². The van der Waals surface area contributed by atoms with Crippen LogP contribution >= 0.6 is 0 Å². The summed E-state index contributed by atoms with van der Waals surface area (Å²) in [6.07, 6.45) is 8.44. The minimum absolute atomic E-state index is 0.118. The maximum Gasteiger partial charge on any atom is 0.409 e. The van der Waals surface area contributed by atoms with E-state index in [9.17, 15) is 4.79 Å². The molecule has 1 unspecified atom stereocenters. The molecule has 1 fully saturated rings. The van der Waals surface area contributed by atoms with Crippen LogP contribution in [0.1, 0.15) is 58.8 Å². The van der Waals surface area contributed by atoms with Gasteiger partial charge in [-0.2, -0.15) is 0 Å². The number of hydrogen-bond donors (Lipinski definition) is 0. The van der Waals surface area contributed by atoms with E-state index >= 15 is 0 Å². The summed E-state index contributed by atoms with van der Waals surface area (Å²) < 4.78 is 5.04. The van der Waals surface area contributed by atoms with Gasteiger partial charge >= 0.3 is 6.09 Å². The molecule has 0 radical (unpaired) electrons. The number of cyclic esters (lactones) is 1. The highest BCUT2D eigenvalue weighted by atomic mass is 16.6. The molecule has 0 N–H and O–H groups in total. The standard InChI is InChI=1S/C13H25NO2/c1-3-4-5-6-7-9-12(2)14-10-8-11-16-13(14)15/h12H,3-11H2,1-2H3. The number of carbonyl (C=O) groups excluding carboxylic acids is 1. The lowest BCUT2D eigenvalue weighted by Crippen LogP contribution is -2.43. The van der Waals surface area contributed by atoms with Gasteiger partial charge < -0.3 is 9.64 Å². The van der Waals surface area contributed by atoms with Crippen LogP contribution in [0.15, 0.2) is 0 Å². The highest BCUT2D eigenvalue weighted by molar-refractivity contribution is 5.68. The van der Waals surface area contributed by atoms with Gasteiger partial charge in [-0.1, -0.05) is 39.0 Å². The van der Waals surface area contributed by atoms with Crippen LogP contribution in [0.4, 0.5) is 4.79 Å². The summed E-state index contributed by atoms with van der Waals surface area (Å²) in [6, 6.07) is 0.342. The molecule has 0 aliphatic carbocycles. The molecule has 1 aliphatic rings. The minimum Gasteiger partial charge on any atom is -0.449 e. The molecule has 1 saturated heterocycles. The topological polar surface area (TPSA) is 29.5 Å². The van der Waals surface area contributed by atoms with Gasteiger partial charge in [0.2, 0.25) is 0 Å². The molecule has 1 heterocycles. The van der Waals surface area contributed by atoms with Crippen LogP contribution in [0.2, 0.25) is 0 Å². The van der Waals surface area contributed by atoms with Crippen LogP contribution in [-0.2, 0) is 4.74 Å². The van der Waals surface area contributed by atoms with Crippen LogP contribution in [0.25, 0.3) is 0 Å². The fourth-order valence-electron chi connectivity index (χ4n) is 2.17. The van der Waals surface area contributed by atoms with Gasteiger partial charge in [-0.05, 0) is 19.8 Å². The molecule has 0 aromatic heterocycles. The average molecular weight is 227 g/mol. The molecular formula is C13H25NO2. The van der Waals surface area contributed by atoms with Gasteiger partial charge in [0.05, 0.1) is 6.61 Å². The number of hydrogen-bond acceptors (Lipinski definition) is 2. The highest BCUT2D eigenvalue weighted by Gasteiger charge is 2.23. The molecular weight excluding hydrogens is 202 g/mol. The maximum atomic E-state index is 11.5. The van der Waals surface area contributed by atoms with Gasteiger partial charge in [0.1, 0.15) is 0 Å². The smallest absolute Gasteiger partial charge is 0.409 e. The van der Waals surface area contributed by atoms with E-state index in [2.05, 4.69) is 13.8 Å². The zero-order chi connectivity index (χ0) is 11.8. The van der Waals surface area contributed by atoms with E-state index in [0.29, 0.717) is 12.6 Å². The third-order valence-electron chi connectivity index (χ3n) is 3.26. The highest BCUT2D eigenvalue weighted by Crippen LogP contribution is 2.15. The predicted molar refractivity (Wildman–Crippen MR) is 65.5 cm³/mol. The van der Waals surface area contributed by atoms with Crippen molar-refractivity contribution in [1.82, 2.24) is 4.90 Å². The Morgan fingerprint density at radius 1 is 1.31 bits per heavy atom. The van der Waals surface area contributed by atoms with Crippen LogP contribution in [0.3, 0.4) is 0 Å². The fourth-order valence-corrected chi connectivity index (χ4v) is 2.17. The molecule has 16 heavy (non-hydrogen) atoms. The second-order valence-corrected chi connectivity index (χ2v) is 4.71. The molecule has 1 aliphatic heterocycles. The molecule has 0 spiro atoms. The summed E-state index contributed by atoms with van der Waals surface area (Å²) in [4.78, 5) is 13.4. The van der Waals surface area contributed by atoms with Crippen molar-refractivity contribution in [2.24, 2.45) is 0 Å². The van der Waals surface area contributed by atoms with Crippen molar-refractivity contribution in [2.75, 3.05) is 13.2 Å². The first-order chi connectivity index (χ1) is 7.75. The van der Waals surface area contributed by atoms with Gasteiger partial charge in [0.15, 0.2) is 0 Å². The van der Waals surface area contributed by atoms with Gasteiger partial charge in [0.25, 0.3) is 0 Å². The van der Waals surface area contributed by atoms with Gasteiger partial charge in [-0.25, -0.2) is 4.79 Å². The number of nitrogens with zero attached hydrogens (tertiary/aromatic N) is 1. The summed E-state index contributed by atoms with van der Waals surface area (Å²) >= 11 is 0. The van der Waals surface area contributed by atoms with Crippen molar-refractivity contribution >= 4 is 6.09 Å². The van der Waals surface area contributed by atoms with E-state index in [0.717, 1.165) is 19.4 Å². The van der Waals surface area contributed by atoms with Gasteiger partial charge in [0, 0.05) is 12.6 Å². The number of unbranched alkanes of at least 4 members (excludes halogenated alkanes) is 4. The fraction of sp³-hybridized carbons (Fsp3) is 0.923. The Labute approximate surface area is 99.1 Å². The lowest BCUT2D eigenvalue weighted by molar-refractivity contribution is 0.0562. The van der Waals surface area contributed by atoms with E-state index in [-0.39, 0.29) is 6.09 Å². The third-order valence-corrected chi connectivity index (χ3v) is 3.26. The molecule has 3 nitrogen and oxygen atoms in total. The van der Waals surface area contributed by atoms with Crippen molar-refractivity contribution in [3.05, 3.63) is 0 Å². The van der Waals surface area contributed by atoms with E-state index in [1.807, 2.05) is 4.90 Å². The quantitative estimate of drug-likeness (QED) is 0.622.